The molecule has 0 amide bonds. The van der Waals surface area contributed by atoms with E-state index < -0.39 is 0 Å². The lowest BCUT2D eigenvalue weighted by Crippen LogP contribution is -1.94. The molecule has 0 saturated carbocycles. The first-order valence-corrected chi connectivity index (χ1v) is 4.97. The number of nitrogens with zero attached hydrogens (tertiary/aromatic N) is 2. The van der Waals surface area contributed by atoms with Crippen LogP contribution in [0.15, 0.2) is 41.2 Å². The molecule has 0 saturated heterocycles. The molecule has 0 aliphatic carbocycles. The van der Waals surface area contributed by atoms with Gasteiger partial charge in [-0.25, -0.2) is 4.98 Å². The standard InChI is InChI=1S/C10H8Cl2N2/c11-5-8(12)6-14-7-13-9-3-1-2-4-10(9)14/h1-5,7H,6H2/b8-5+. The van der Waals surface area contributed by atoms with Crippen LogP contribution < -0.4 is 0 Å². The molecule has 0 bridgehead atoms. The minimum absolute atomic E-state index is 0.561. The molecule has 0 radical (unpaired) electrons. The smallest absolute Gasteiger partial charge is 0.0961 e. The van der Waals surface area contributed by atoms with E-state index in [4.69, 9.17) is 23.2 Å². The Labute approximate surface area is 91.8 Å². The first-order chi connectivity index (χ1) is 6.81. The van der Waals surface area contributed by atoms with Gasteiger partial charge in [-0.05, 0) is 12.1 Å². The van der Waals surface area contributed by atoms with Crippen LogP contribution in [0.2, 0.25) is 0 Å². The van der Waals surface area contributed by atoms with Crippen molar-refractivity contribution in [2.75, 3.05) is 0 Å². The summed E-state index contributed by atoms with van der Waals surface area (Å²) < 4.78 is 1.95. The molecule has 0 N–H and O–H groups in total. The predicted molar refractivity (Wildman–Crippen MR) is 59.5 cm³/mol. The molecule has 2 aromatic rings. The first-order valence-electron chi connectivity index (χ1n) is 4.16. The largest absolute Gasteiger partial charge is 0.325 e. The van der Waals surface area contributed by atoms with Gasteiger partial charge in [0.1, 0.15) is 0 Å². The van der Waals surface area contributed by atoms with E-state index in [2.05, 4.69) is 4.98 Å². The van der Waals surface area contributed by atoms with Gasteiger partial charge in [-0.15, -0.1) is 0 Å². The summed E-state index contributed by atoms with van der Waals surface area (Å²) in [5.74, 6) is 0. The average Bonchev–Trinajstić information content (AvgIpc) is 2.62. The van der Waals surface area contributed by atoms with Gasteiger partial charge < -0.3 is 4.57 Å². The number of benzene rings is 1. The molecule has 0 aliphatic rings. The van der Waals surface area contributed by atoms with Crippen molar-refractivity contribution < 1.29 is 0 Å². The molecule has 0 fully saturated rings. The van der Waals surface area contributed by atoms with E-state index >= 15 is 0 Å². The number of rotatable bonds is 2. The van der Waals surface area contributed by atoms with E-state index in [0.29, 0.717) is 11.6 Å². The van der Waals surface area contributed by atoms with Gasteiger partial charge in [0.05, 0.1) is 23.9 Å². The van der Waals surface area contributed by atoms with E-state index in [1.54, 1.807) is 6.33 Å². The van der Waals surface area contributed by atoms with Gasteiger partial charge in [0.2, 0.25) is 0 Å². The minimum atomic E-state index is 0.561. The third-order valence-corrected chi connectivity index (χ3v) is 2.57. The summed E-state index contributed by atoms with van der Waals surface area (Å²) in [5.41, 5.74) is 3.40. The third-order valence-electron chi connectivity index (χ3n) is 1.97. The van der Waals surface area contributed by atoms with Crippen LogP contribution in [-0.4, -0.2) is 9.55 Å². The van der Waals surface area contributed by atoms with Crippen molar-refractivity contribution in [3.63, 3.8) is 0 Å². The van der Waals surface area contributed by atoms with Crippen LogP contribution in [0.25, 0.3) is 11.0 Å². The zero-order chi connectivity index (χ0) is 9.97. The van der Waals surface area contributed by atoms with Crippen molar-refractivity contribution in [3.8, 4) is 0 Å². The first kappa shape index (κ1) is 9.56. The molecule has 0 unspecified atom stereocenters. The van der Waals surface area contributed by atoms with E-state index in [0.717, 1.165) is 11.0 Å². The molecular weight excluding hydrogens is 219 g/mol. The fourth-order valence-corrected chi connectivity index (χ4v) is 1.53. The lowest BCUT2D eigenvalue weighted by molar-refractivity contribution is 0.839. The van der Waals surface area contributed by atoms with Crippen molar-refractivity contribution in [2.24, 2.45) is 0 Å². The van der Waals surface area contributed by atoms with Gasteiger partial charge in [-0.2, -0.15) is 0 Å². The maximum Gasteiger partial charge on any atom is 0.0961 e. The summed E-state index contributed by atoms with van der Waals surface area (Å²) in [6.07, 6.45) is 1.76. The number of fused-ring (bicyclic) bond motifs is 1. The number of aromatic nitrogens is 2. The molecule has 1 aromatic carbocycles. The molecule has 72 valence electrons. The zero-order valence-corrected chi connectivity index (χ0v) is 8.83. The Balaban J connectivity index is 2.43. The predicted octanol–water partition coefficient (Wildman–Crippen LogP) is 3.36. The second kappa shape index (κ2) is 4.03. The van der Waals surface area contributed by atoms with E-state index in [9.17, 15) is 0 Å². The van der Waals surface area contributed by atoms with Gasteiger partial charge in [0.15, 0.2) is 0 Å². The minimum Gasteiger partial charge on any atom is -0.325 e. The summed E-state index contributed by atoms with van der Waals surface area (Å²) in [6.45, 7) is 0.561. The molecular formula is C10H8Cl2N2. The molecule has 1 heterocycles. The number of para-hydroxylation sites is 2. The van der Waals surface area contributed by atoms with Crippen LogP contribution in [0.4, 0.5) is 0 Å². The van der Waals surface area contributed by atoms with E-state index in [-0.39, 0.29) is 0 Å². The van der Waals surface area contributed by atoms with Crippen LogP contribution in [-0.2, 0) is 6.54 Å². The van der Waals surface area contributed by atoms with Crippen LogP contribution in [0.5, 0.6) is 0 Å². The molecule has 2 rings (SSSR count). The van der Waals surface area contributed by atoms with Crippen LogP contribution in [0.3, 0.4) is 0 Å². The Bertz CT molecular complexity index is 474. The fourth-order valence-electron chi connectivity index (χ4n) is 1.33. The maximum absolute atomic E-state index is 5.84. The number of hydrogen-bond donors (Lipinski definition) is 0. The van der Waals surface area contributed by atoms with Crippen LogP contribution >= 0.6 is 23.2 Å². The summed E-state index contributed by atoms with van der Waals surface area (Å²) in [7, 11) is 0. The van der Waals surface area contributed by atoms with Crippen molar-refractivity contribution in [2.45, 2.75) is 6.54 Å². The van der Waals surface area contributed by atoms with Crippen molar-refractivity contribution in [1.29, 1.82) is 0 Å². The Kier molecular flexibility index (Phi) is 2.75. The Morgan fingerprint density at radius 2 is 2.21 bits per heavy atom. The molecule has 0 aliphatic heterocycles. The maximum atomic E-state index is 5.84. The Morgan fingerprint density at radius 1 is 1.43 bits per heavy atom. The SMILES string of the molecule is Cl/C=C(/Cl)Cn1cnc2ccccc21. The van der Waals surface area contributed by atoms with Gasteiger partial charge in [-0.3, -0.25) is 0 Å². The third kappa shape index (κ3) is 1.76. The van der Waals surface area contributed by atoms with Gasteiger partial charge in [0, 0.05) is 10.6 Å². The van der Waals surface area contributed by atoms with Crippen LogP contribution in [0, 0.1) is 0 Å². The van der Waals surface area contributed by atoms with E-state index in [1.165, 1.54) is 5.54 Å². The molecule has 0 spiro atoms. The summed E-state index contributed by atoms with van der Waals surface area (Å²) in [4.78, 5) is 4.24. The summed E-state index contributed by atoms with van der Waals surface area (Å²) in [5, 5.41) is 0.592. The topological polar surface area (TPSA) is 17.8 Å². The molecule has 4 heteroatoms. The quantitative estimate of drug-likeness (QED) is 0.769. The van der Waals surface area contributed by atoms with Crippen molar-refractivity contribution in [1.82, 2.24) is 9.55 Å². The number of hydrogen-bond acceptors (Lipinski definition) is 1. The molecule has 2 nitrogen and oxygen atoms in total. The molecule has 0 atom stereocenters. The highest BCUT2D eigenvalue weighted by Crippen LogP contribution is 2.15. The van der Waals surface area contributed by atoms with Crippen molar-refractivity contribution in [3.05, 3.63) is 41.2 Å². The van der Waals surface area contributed by atoms with Gasteiger partial charge in [0.25, 0.3) is 0 Å². The number of allylic oxidation sites excluding steroid dienone is 1. The Hall–Kier alpha value is -0.990. The lowest BCUT2D eigenvalue weighted by atomic mass is 10.3. The zero-order valence-electron chi connectivity index (χ0n) is 7.32. The second-order valence-electron chi connectivity index (χ2n) is 2.92. The highest BCUT2D eigenvalue weighted by Gasteiger charge is 2.01. The Morgan fingerprint density at radius 3 is 3.00 bits per heavy atom. The lowest BCUT2D eigenvalue weighted by Gasteiger charge is -2.01. The van der Waals surface area contributed by atoms with Gasteiger partial charge >= 0.3 is 0 Å². The van der Waals surface area contributed by atoms with Crippen LogP contribution in [0.1, 0.15) is 0 Å². The summed E-state index contributed by atoms with van der Waals surface area (Å²) >= 11 is 11.3. The molecule has 14 heavy (non-hydrogen) atoms. The van der Waals surface area contributed by atoms with Crippen molar-refractivity contribution >= 4 is 34.2 Å². The number of imidazole rings is 1. The average molecular weight is 227 g/mol. The number of halogens is 2. The highest BCUT2D eigenvalue weighted by atomic mass is 35.5. The monoisotopic (exact) mass is 226 g/mol. The second-order valence-corrected chi connectivity index (χ2v) is 3.62. The molecule has 1 aromatic heterocycles. The normalized spacial score (nSPS) is 12.3. The fraction of sp³-hybridized carbons (Fsp3) is 0.100. The van der Waals surface area contributed by atoms with Gasteiger partial charge in [-0.1, -0.05) is 35.3 Å². The van der Waals surface area contributed by atoms with E-state index in [1.807, 2.05) is 28.8 Å². The summed E-state index contributed by atoms with van der Waals surface area (Å²) in [6, 6.07) is 7.89. The highest BCUT2D eigenvalue weighted by molar-refractivity contribution is 6.36.